The standard InChI is InChI=1S/C14H19N3O2S/c1-2-17(11-13-6-4-8-16-13)20(18,19)14-7-3-5-12(9-14)10-15/h3,5,7,9,13,16H,2,4,6,8,11H2,1H3. The van der Waals surface area contributed by atoms with Gasteiger partial charge in [0.15, 0.2) is 0 Å². The fraction of sp³-hybridized carbons (Fsp3) is 0.500. The zero-order valence-electron chi connectivity index (χ0n) is 11.5. The Labute approximate surface area is 120 Å². The van der Waals surface area contributed by atoms with E-state index in [1.54, 1.807) is 18.2 Å². The van der Waals surface area contributed by atoms with Crippen molar-refractivity contribution in [3.63, 3.8) is 0 Å². The molecule has 1 unspecified atom stereocenters. The quantitative estimate of drug-likeness (QED) is 0.888. The van der Waals surface area contributed by atoms with Crippen LogP contribution in [-0.4, -0.2) is 38.4 Å². The minimum absolute atomic E-state index is 0.191. The van der Waals surface area contributed by atoms with Gasteiger partial charge in [0.05, 0.1) is 16.5 Å². The average Bonchev–Trinajstić information content (AvgIpc) is 2.97. The molecule has 5 nitrogen and oxygen atoms in total. The minimum Gasteiger partial charge on any atom is -0.313 e. The van der Waals surface area contributed by atoms with E-state index in [2.05, 4.69) is 5.32 Å². The van der Waals surface area contributed by atoms with Crippen LogP contribution in [0.15, 0.2) is 29.2 Å². The van der Waals surface area contributed by atoms with Crippen molar-refractivity contribution in [3.05, 3.63) is 29.8 Å². The summed E-state index contributed by atoms with van der Waals surface area (Å²) in [5, 5.41) is 12.2. The topological polar surface area (TPSA) is 73.2 Å². The van der Waals surface area contributed by atoms with Gasteiger partial charge < -0.3 is 5.32 Å². The maximum absolute atomic E-state index is 12.6. The number of rotatable bonds is 5. The van der Waals surface area contributed by atoms with Crippen molar-refractivity contribution in [2.24, 2.45) is 0 Å². The van der Waals surface area contributed by atoms with Gasteiger partial charge in [-0.05, 0) is 37.6 Å². The first-order chi connectivity index (χ1) is 9.57. The lowest BCUT2D eigenvalue weighted by molar-refractivity contribution is 0.383. The van der Waals surface area contributed by atoms with Crippen LogP contribution in [0.5, 0.6) is 0 Å². The maximum Gasteiger partial charge on any atom is 0.243 e. The van der Waals surface area contributed by atoms with Crippen molar-refractivity contribution >= 4 is 10.0 Å². The summed E-state index contributed by atoms with van der Waals surface area (Å²) in [4.78, 5) is 0.191. The fourth-order valence-electron chi connectivity index (χ4n) is 2.43. The van der Waals surface area contributed by atoms with E-state index >= 15 is 0 Å². The summed E-state index contributed by atoms with van der Waals surface area (Å²) >= 11 is 0. The van der Waals surface area contributed by atoms with E-state index in [1.165, 1.54) is 10.4 Å². The number of sulfonamides is 1. The molecule has 2 rings (SSSR count). The molecule has 1 aliphatic heterocycles. The third kappa shape index (κ3) is 3.18. The smallest absolute Gasteiger partial charge is 0.243 e. The summed E-state index contributed by atoms with van der Waals surface area (Å²) in [6.45, 7) is 3.69. The van der Waals surface area contributed by atoms with Gasteiger partial charge in [0.25, 0.3) is 0 Å². The summed E-state index contributed by atoms with van der Waals surface area (Å²) in [5.74, 6) is 0. The zero-order valence-corrected chi connectivity index (χ0v) is 12.4. The first kappa shape index (κ1) is 15.0. The molecule has 0 saturated carbocycles. The summed E-state index contributed by atoms with van der Waals surface area (Å²) in [5.41, 5.74) is 0.362. The molecule has 1 N–H and O–H groups in total. The molecule has 0 amide bonds. The van der Waals surface area contributed by atoms with Gasteiger partial charge in [-0.15, -0.1) is 0 Å². The summed E-state index contributed by atoms with van der Waals surface area (Å²) < 4.78 is 26.7. The number of benzene rings is 1. The SMILES string of the molecule is CCN(CC1CCCN1)S(=O)(=O)c1cccc(C#N)c1. The normalized spacial score (nSPS) is 19.1. The van der Waals surface area contributed by atoms with Crippen LogP contribution in [0.2, 0.25) is 0 Å². The molecule has 6 heteroatoms. The molecule has 0 bridgehead atoms. The van der Waals surface area contributed by atoms with Crippen LogP contribution in [0.1, 0.15) is 25.3 Å². The van der Waals surface area contributed by atoms with E-state index in [0.717, 1.165) is 19.4 Å². The highest BCUT2D eigenvalue weighted by atomic mass is 32.2. The molecular formula is C14H19N3O2S. The van der Waals surface area contributed by atoms with Gasteiger partial charge in [0, 0.05) is 19.1 Å². The molecule has 0 aromatic heterocycles. The molecule has 108 valence electrons. The van der Waals surface area contributed by atoms with Gasteiger partial charge in [-0.2, -0.15) is 9.57 Å². The summed E-state index contributed by atoms with van der Waals surface area (Å²) in [6.07, 6.45) is 2.09. The lowest BCUT2D eigenvalue weighted by Gasteiger charge is -2.24. The number of nitrogens with one attached hydrogen (secondary N) is 1. The second kappa shape index (κ2) is 6.35. The van der Waals surface area contributed by atoms with Crippen molar-refractivity contribution in [3.8, 4) is 6.07 Å². The molecule has 1 aromatic carbocycles. The van der Waals surface area contributed by atoms with E-state index < -0.39 is 10.0 Å². The Morgan fingerprint density at radius 2 is 2.30 bits per heavy atom. The van der Waals surface area contributed by atoms with Crippen molar-refractivity contribution in [2.45, 2.75) is 30.7 Å². The molecule has 1 heterocycles. The molecule has 20 heavy (non-hydrogen) atoms. The van der Waals surface area contributed by atoms with Gasteiger partial charge >= 0.3 is 0 Å². The number of hydrogen-bond acceptors (Lipinski definition) is 4. The number of nitriles is 1. The minimum atomic E-state index is -3.53. The van der Waals surface area contributed by atoms with Gasteiger partial charge in [-0.25, -0.2) is 8.42 Å². The van der Waals surface area contributed by atoms with Crippen molar-refractivity contribution in [1.82, 2.24) is 9.62 Å². The van der Waals surface area contributed by atoms with E-state index in [9.17, 15) is 8.42 Å². The zero-order chi connectivity index (χ0) is 14.6. The first-order valence-corrected chi connectivity index (χ1v) is 8.25. The van der Waals surface area contributed by atoms with Gasteiger partial charge in [-0.3, -0.25) is 0 Å². The van der Waals surface area contributed by atoms with Crippen LogP contribution < -0.4 is 5.32 Å². The third-order valence-electron chi connectivity index (χ3n) is 3.54. The molecule has 1 saturated heterocycles. The Morgan fingerprint density at radius 1 is 1.50 bits per heavy atom. The Hall–Kier alpha value is -1.42. The second-order valence-corrected chi connectivity index (χ2v) is 6.83. The van der Waals surface area contributed by atoms with Crippen LogP contribution in [0.3, 0.4) is 0 Å². The highest BCUT2D eigenvalue weighted by molar-refractivity contribution is 7.89. The molecule has 1 fully saturated rings. The predicted octanol–water partition coefficient (Wildman–Crippen LogP) is 1.32. The fourth-order valence-corrected chi connectivity index (χ4v) is 3.97. The average molecular weight is 293 g/mol. The molecular weight excluding hydrogens is 274 g/mol. The Bertz CT molecular complexity index is 601. The van der Waals surface area contributed by atoms with E-state index in [4.69, 9.17) is 5.26 Å². The lowest BCUT2D eigenvalue weighted by Crippen LogP contribution is -2.40. The second-order valence-electron chi connectivity index (χ2n) is 4.89. The first-order valence-electron chi connectivity index (χ1n) is 6.81. The molecule has 0 aliphatic carbocycles. The Kier molecular flexibility index (Phi) is 4.76. The summed E-state index contributed by atoms with van der Waals surface area (Å²) in [6, 6.07) is 8.38. The Balaban J connectivity index is 2.23. The van der Waals surface area contributed by atoms with Crippen LogP contribution in [-0.2, 0) is 10.0 Å². The van der Waals surface area contributed by atoms with Crippen molar-refractivity contribution < 1.29 is 8.42 Å². The highest BCUT2D eigenvalue weighted by Gasteiger charge is 2.27. The van der Waals surface area contributed by atoms with E-state index in [0.29, 0.717) is 18.7 Å². The van der Waals surface area contributed by atoms with Crippen LogP contribution in [0, 0.1) is 11.3 Å². The Morgan fingerprint density at radius 3 is 2.90 bits per heavy atom. The van der Waals surface area contributed by atoms with Crippen molar-refractivity contribution in [2.75, 3.05) is 19.6 Å². The maximum atomic E-state index is 12.6. The van der Waals surface area contributed by atoms with Crippen molar-refractivity contribution in [1.29, 1.82) is 5.26 Å². The largest absolute Gasteiger partial charge is 0.313 e. The van der Waals surface area contributed by atoms with Crippen LogP contribution in [0.4, 0.5) is 0 Å². The predicted molar refractivity (Wildman–Crippen MR) is 76.6 cm³/mol. The monoisotopic (exact) mass is 293 g/mol. The number of nitrogens with zero attached hydrogens (tertiary/aromatic N) is 2. The van der Waals surface area contributed by atoms with Crippen LogP contribution in [0.25, 0.3) is 0 Å². The molecule has 1 aliphatic rings. The van der Waals surface area contributed by atoms with Gasteiger partial charge in [0.2, 0.25) is 10.0 Å². The van der Waals surface area contributed by atoms with E-state index in [-0.39, 0.29) is 10.9 Å². The van der Waals surface area contributed by atoms with Gasteiger partial charge in [-0.1, -0.05) is 13.0 Å². The summed E-state index contributed by atoms with van der Waals surface area (Å²) in [7, 11) is -3.53. The molecule has 1 aromatic rings. The third-order valence-corrected chi connectivity index (χ3v) is 5.48. The molecule has 1 atom stereocenters. The van der Waals surface area contributed by atoms with Crippen LogP contribution >= 0.6 is 0 Å². The number of hydrogen-bond donors (Lipinski definition) is 1. The highest BCUT2D eigenvalue weighted by Crippen LogP contribution is 2.18. The van der Waals surface area contributed by atoms with E-state index in [1.807, 2.05) is 13.0 Å². The number of likely N-dealkylation sites (N-methyl/N-ethyl adjacent to an activating group) is 1. The van der Waals surface area contributed by atoms with Gasteiger partial charge in [0.1, 0.15) is 0 Å². The molecule has 0 spiro atoms. The molecule has 0 radical (unpaired) electrons. The lowest BCUT2D eigenvalue weighted by atomic mass is 10.2.